The molecule has 1 heterocycles. The molecule has 0 bridgehead atoms. The third-order valence-corrected chi connectivity index (χ3v) is 4.21. The first-order chi connectivity index (χ1) is 10.4. The lowest BCUT2D eigenvalue weighted by Gasteiger charge is -2.28. The van der Waals surface area contributed by atoms with E-state index in [-0.39, 0.29) is 0 Å². The molecule has 1 unspecified atom stereocenters. The Hall–Kier alpha value is -1.65. The first-order valence-corrected chi connectivity index (χ1v) is 7.68. The molecule has 21 heavy (non-hydrogen) atoms. The van der Waals surface area contributed by atoms with Crippen molar-refractivity contribution in [2.45, 2.75) is 31.8 Å². The zero-order valence-electron chi connectivity index (χ0n) is 12.6. The zero-order chi connectivity index (χ0) is 14.5. The van der Waals surface area contributed by atoms with Gasteiger partial charge < -0.3 is 14.6 Å². The summed E-state index contributed by atoms with van der Waals surface area (Å²) in [6.07, 6.45) is 7.58. The second-order valence-electron chi connectivity index (χ2n) is 5.57. The summed E-state index contributed by atoms with van der Waals surface area (Å²) in [5, 5.41) is 3.41. The number of imidazole rings is 1. The van der Waals surface area contributed by atoms with Crippen molar-refractivity contribution < 1.29 is 4.74 Å². The summed E-state index contributed by atoms with van der Waals surface area (Å²) in [5.74, 6) is 0. The number of hydrogen-bond donors (Lipinski definition) is 1. The molecule has 0 amide bonds. The maximum absolute atomic E-state index is 5.07. The van der Waals surface area contributed by atoms with Crippen LogP contribution in [0, 0.1) is 0 Å². The van der Waals surface area contributed by atoms with Gasteiger partial charge in [-0.15, -0.1) is 0 Å². The highest BCUT2D eigenvalue weighted by atomic mass is 16.5. The van der Waals surface area contributed by atoms with Crippen molar-refractivity contribution in [1.29, 1.82) is 0 Å². The van der Waals surface area contributed by atoms with Gasteiger partial charge >= 0.3 is 0 Å². The Morgan fingerprint density at radius 2 is 2.29 bits per heavy atom. The lowest BCUT2D eigenvalue weighted by atomic mass is 9.87. The fourth-order valence-corrected chi connectivity index (χ4v) is 3.16. The highest BCUT2D eigenvalue weighted by Crippen LogP contribution is 2.33. The lowest BCUT2D eigenvalue weighted by molar-refractivity contribution is 0.199. The summed E-state index contributed by atoms with van der Waals surface area (Å²) in [6.45, 7) is 2.44. The molecule has 0 saturated carbocycles. The van der Waals surface area contributed by atoms with Crippen LogP contribution >= 0.6 is 0 Å². The smallest absolute Gasteiger partial charge is 0.0954 e. The molecule has 3 rings (SSSR count). The van der Waals surface area contributed by atoms with E-state index in [1.165, 1.54) is 36.1 Å². The highest BCUT2D eigenvalue weighted by molar-refractivity contribution is 5.33. The number of rotatable bonds is 6. The number of methoxy groups -OCH3 is 1. The Morgan fingerprint density at radius 1 is 1.38 bits per heavy atom. The first-order valence-electron chi connectivity index (χ1n) is 7.68. The van der Waals surface area contributed by atoms with Gasteiger partial charge in [-0.3, -0.25) is 0 Å². The molecule has 1 atom stereocenters. The van der Waals surface area contributed by atoms with E-state index in [1.807, 2.05) is 12.5 Å². The molecule has 0 radical (unpaired) electrons. The molecule has 0 spiro atoms. The summed E-state index contributed by atoms with van der Waals surface area (Å²) in [7, 11) is 1.73. The van der Waals surface area contributed by atoms with Gasteiger partial charge in [0.25, 0.3) is 0 Å². The van der Waals surface area contributed by atoms with Crippen LogP contribution in [0.4, 0.5) is 0 Å². The Labute approximate surface area is 126 Å². The average molecular weight is 285 g/mol. The second kappa shape index (κ2) is 6.87. The van der Waals surface area contributed by atoms with Crippen LogP contribution in [-0.2, 0) is 17.7 Å². The molecule has 1 aromatic carbocycles. The maximum atomic E-state index is 5.07. The Kier molecular flexibility index (Phi) is 4.68. The zero-order valence-corrected chi connectivity index (χ0v) is 12.6. The predicted octanol–water partition coefficient (Wildman–Crippen LogP) is 2.54. The maximum Gasteiger partial charge on any atom is 0.0954 e. The van der Waals surface area contributed by atoms with Gasteiger partial charge in [0.1, 0.15) is 0 Å². The van der Waals surface area contributed by atoms with Crippen LogP contribution in [0.25, 0.3) is 0 Å². The average Bonchev–Trinajstić information content (AvgIpc) is 2.99. The van der Waals surface area contributed by atoms with Crippen molar-refractivity contribution in [1.82, 2.24) is 14.9 Å². The van der Waals surface area contributed by atoms with Gasteiger partial charge in [0, 0.05) is 26.4 Å². The van der Waals surface area contributed by atoms with Crippen LogP contribution in [-0.4, -0.2) is 29.8 Å². The highest BCUT2D eigenvalue weighted by Gasteiger charge is 2.22. The number of hydrogen-bond acceptors (Lipinski definition) is 3. The van der Waals surface area contributed by atoms with Gasteiger partial charge in [0.15, 0.2) is 0 Å². The van der Waals surface area contributed by atoms with E-state index in [0.29, 0.717) is 6.04 Å². The van der Waals surface area contributed by atoms with Gasteiger partial charge in [0.2, 0.25) is 0 Å². The van der Waals surface area contributed by atoms with Gasteiger partial charge in [-0.05, 0) is 30.4 Å². The van der Waals surface area contributed by atoms with E-state index < -0.39 is 0 Å². The minimum Gasteiger partial charge on any atom is -0.383 e. The summed E-state index contributed by atoms with van der Waals surface area (Å²) in [4.78, 5) is 4.36. The molecule has 0 aliphatic heterocycles. The van der Waals surface area contributed by atoms with E-state index in [9.17, 15) is 0 Å². The molecule has 0 saturated heterocycles. The van der Waals surface area contributed by atoms with Crippen molar-refractivity contribution in [3.8, 4) is 0 Å². The van der Waals surface area contributed by atoms with Gasteiger partial charge in [-0.2, -0.15) is 0 Å². The molecule has 112 valence electrons. The molecular weight excluding hydrogens is 262 g/mol. The molecule has 4 nitrogen and oxygen atoms in total. The predicted molar refractivity (Wildman–Crippen MR) is 83.3 cm³/mol. The molecule has 4 heteroatoms. The molecule has 1 aliphatic carbocycles. The van der Waals surface area contributed by atoms with Crippen molar-refractivity contribution >= 4 is 0 Å². The standard InChI is InChI=1S/C17H23N3O/c1-21-10-9-18-11-15-12-19-13-20(15)17-8-4-6-14-5-2-3-7-16(14)17/h2-3,5,7,12-13,17-18H,4,6,8-11H2,1H3. The lowest BCUT2D eigenvalue weighted by Crippen LogP contribution is -2.23. The SMILES string of the molecule is COCCNCc1cncn1C1CCCc2ccccc21. The van der Waals surface area contributed by atoms with Crippen molar-refractivity contribution in [2.75, 3.05) is 20.3 Å². The number of nitrogens with zero attached hydrogens (tertiary/aromatic N) is 2. The van der Waals surface area contributed by atoms with Gasteiger partial charge in [-0.25, -0.2) is 4.98 Å². The van der Waals surface area contributed by atoms with Crippen LogP contribution in [0.15, 0.2) is 36.8 Å². The van der Waals surface area contributed by atoms with Crippen molar-refractivity contribution in [3.05, 3.63) is 53.6 Å². The minimum atomic E-state index is 0.427. The number of nitrogens with one attached hydrogen (secondary N) is 1. The fraction of sp³-hybridized carbons (Fsp3) is 0.471. The Balaban J connectivity index is 1.77. The van der Waals surface area contributed by atoms with Crippen LogP contribution in [0.2, 0.25) is 0 Å². The second-order valence-corrected chi connectivity index (χ2v) is 5.57. The third-order valence-electron chi connectivity index (χ3n) is 4.21. The minimum absolute atomic E-state index is 0.427. The van der Waals surface area contributed by atoms with Gasteiger partial charge in [-0.1, -0.05) is 24.3 Å². The summed E-state index contributed by atoms with van der Waals surface area (Å²) in [6, 6.07) is 9.24. The van der Waals surface area contributed by atoms with Crippen LogP contribution in [0.1, 0.15) is 35.7 Å². The summed E-state index contributed by atoms with van der Waals surface area (Å²) in [5.41, 5.74) is 4.19. The number of benzene rings is 1. The molecule has 2 aromatic rings. The van der Waals surface area contributed by atoms with E-state index >= 15 is 0 Å². The van der Waals surface area contributed by atoms with Crippen LogP contribution in [0.5, 0.6) is 0 Å². The van der Waals surface area contributed by atoms with E-state index in [1.54, 1.807) is 7.11 Å². The molecule has 1 N–H and O–H groups in total. The molecule has 1 aromatic heterocycles. The normalized spacial score (nSPS) is 17.7. The number of ether oxygens (including phenoxy) is 1. The topological polar surface area (TPSA) is 39.1 Å². The number of aryl methyl sites for hydroxylation is 1. The van der Waals surface area contributed by atoms with Crippen molar-refractivity contribution in [3.63, 3.8) is 0 Å². The number of aromatic nitrogens is 2. The monoisotopic (exact) mass is 285 g/mol. The Bertz CT molecular complexity index is 579. The first kappa shape index (κ1) is 14.3. The third kappa shape index (κ3) is 3.17. The van der Waals surface area contributed by atoms with E-state index in [0.717, 1.165) is 19.7 Å². The van der Waals surface area contributed by atoms with Crippen LogP contribution < -0.4 is 5.32 Å². The van der Waals surface area contributed by atoms with Gasteiger partial charge in [0.05, 0.1) is 24.7 Å². The largest absolute Gasteiger partial charge is 0.383 e. The van der Waals surface area contributed by atoms with E-state index in [4.69, 9.17) is 4.74 Å². The summed E-state index contributed by atoms with van der Waals surface area (Å²) < 4.78 is 7.40. The van der Waals surface area contributed by atoms with Crippen molar-refractivity contribution in [2.24, 2.45) is 0 Å². The van der Waals surface area contributed by atoms with Crippen LogP contribution in [0.3, 0.4) is 0 Å². The summed E-state index contributed by atoms with van der Waals surface area (Å²) >= 11 is 0. The van der Waals surface area contributed by atoms with E-state index in [2.05, 4.69) is 39.1 Å². The molecular formula is C17H23N3O. The number of fused-ring (bicyclic) bond motifs is 1. The fourth-order valence-electron chi connectivity index (χ4n) is 3.16. The molecule has 1 aliphatic rings. The quantitative estimate of drug-likeness (QED) is 0.829. The molecule has 0 fully saturated rings. The Morgan fingerprint density at radius 3 is 3.19 bits per heavy atom.